The van der Waals surface area contributed by atoms with E-state index in [1.54, 1.807) is 0 Å². The predicted molar refractivity (Wildman–Crippen MR) is 73.4 cm³/mol. The molecule has 0 saturated heterocycles. The van der Waals surface area contributed by atoms with Gasteiger partial charge in [-0.3, -0.25) is 0 Å². The Morgan fingerprint density at radius 2 is 1.94 bits per heavy atom. The Morgan fingerprint density at radius 1 is 1.19 bits per heavy atom. The van der Waals surface area contributed by atoms with Crippen molar-refractivity contribution in [2.24, 2.45) is 0 Å². The van der Waals surface area contributed by atoms with Gasteiger partial charge in [0.2, 0.25) is 0 Å². The van der Waals surface area contributed by atoms with Crippen molar-refractivity contribution < 1.29 is 0 Å². The highest BCUT2D eigenvalue weighted by Crippen LogP contribution is 2.30. The van der Waals surface area contributed by atoms with Crippen molar-refractivity contribution in [3.8, 4) is 0 Å². The minimum absolute atomic E-state index is 0.576. The first-order chi connectivity index (χ1) is 7.69. The average molecular weight is 239 g/mol. The molecule has 0 aliphatic carbocycles. The van der Waals surface area contributed by atoms with Crippen LogP contribution >= 0.6 is 11.3 Å². The number of nitrogens with zero attached hydrogens (tertiary/aromatic N) is 1. The maximum absolute atomic E-state index is 4.80. The van der Waals surface area contributed by atoms with E-state index in [1.807, 2.05) is 11.3 Å². The summed E-state index contributed by atoms with van der Waals surface area (Å²) >= 11 is 1.83. The summed E-state index contributed by atoms with van der Waals surface area (Å²) in [5, 5.41) is 3.58. The summed E-state index contributed by atoms with van der Waals surface area (Å²) in [6.07, 6.45) is 6.50. The maximum atomic E-state index is 4.80. The summed E-state index contributed by atoms with van der Waals surface area (Å²) in [7, 11) is 0. The highest BCUT2D eigenvalue weighted by Gasteiger charge is 2.14. The fourth-order valence-corrected chi connectivity index (χ4v) is 2.91. The Kier molecular flexibility index (Phi) is 6.04. The monoisotopic (exact) mass is 239 g/mol. The van der Waals surface area contributed by atoms with Crippen molar-refractivity contribution in [2.45, 2.75) is 71.6 Å². The second-order valence-corrected chi connectivity index (χ2v) is 5.78. The lowest BCUT2D eigenvalue weighted by molar-refractivity contribution is 0.530. The first-order valence-corrected chi connectivity index (χ1v) is 7.52. The van der Waals surface area contributed by atoms with Crippen LogP contribution in [0, 0.1) is 0 Å². The molecule has 92 valence electrons. The molecule has 0 bridgehead atoms. The van der Waals surface area contributed by atoms with E-state index >= 15 is 0 Å². The normalized spacial score (nSPS) is 13.3. The average Bonchev–Trinajstić information content (AvgIpc) is 2.73. The third kappa shape index (κ3) is 3.89. The van der Waals surface area contributed by atoms with Crippen LogP contribution in [0.2, 0.25) is 0 Å². The van der Waals surface area contributed by atoms with Crippen LogP contribution in [0.5, 0.6) is 0 Å². The zero-order chi connectivity index (χ0) is 12.0. The molecule has 16 heavy (non-hydrogen) atoms. The van der Waals surface area contributed by atoms with Crippen molar-refractivity contribution in [1.82, 2.24) is 4.98 Å². The molecule has 1 nitrogen and oxygen atoms in total. The van der Waals surface area contributed by atoms with Gasteiger partial charge < -0.3 is 0 Å². The zero-order valence-corrected chi connectivity index (χ0v) is 11.9. The molecule has 1 atom stereocenters. The van der Waals surface area contributed by atoms with Crippen molar-refractivity contribution >= 4 is 11.3 Å². The van der Waals surface area contributed by atoms with E-state index in [0.717, 1.165) is 0 Å². The van der Waals surface area contributed by atoms with Crippen LogP contribution in [-0.4, -0.2) is 4.98 Å². The smallest absolute Gasteiger partial charge is 0.0953 e. The van der Waals surface area contributed by atoms with Gasteiger partial charge in [0.15, 0.2) is 0 Å². The summed E-state index contributed by atoms with van der Waals surface area (Å²) in [5.41, 5.74) is 1.35. The molecule has 1 aromatic rings. The minimum Gasteiger partial charge on any atom is -0.246 e. The van der Waals surface area contributed by atoms with E-state index < -0.39 is 0 Å². The van der Waals surface area contributed by atoms with Crippen LogP contribution in [0.3, 0.4) is 0 Å². The number of hydrogen-bond donors (Lipinski definition) is 0. The van der Waals surface area contributed by atoms with Gasteiger partial charge >= 0.3 is 0 Å². The van der Waals surface area contributed by atoms with E-state index in [1.165, 1.54) is 42.8 Å². The van der Waals surface area contributed by atoms with Gasteiger partial charge in [-0.15, -0.1) is 11.3 Å². The predicted octanol–water partition coefficient (Wildman–Crippen LogP) is 5.34. The molecule has 2 heteroatoms. The summed E-state index contributed by atoms with van der Waals surface area (Å²) in [6, 6.07) is 0. The molecule has 0 radical (unpaired) electrons. The Labute approximate surface area is 104 Å². The second-order valence-electron chi connectivity index (χ2n) is 4.89. The van der Waals surface area contributed by atoms with Crippen molar-refractivity contribution in [3.05, 3.63) is 16.1 Å². The van der Waals surface area contributed by atoms with Crippen LogP contribution < -0.4 is 0 Å². The molecule has 0 aliphatic heterocycles. The first-order valence-electron chi connectivity index (χ1n) is 6.64. The molecular weight excluding hydrogens is 214 g/mol. The third-order valence-electron chi connectivity index (χ3n) is 3.00. The molecule has 0 spiro atoms. The molecule has 1 unspecified atom stereocenters. The van der Waals surface area contributed by atoms with Crippen LogP contribution in [0.15, 0.2) is 5.38 Å². The number of hydrogen-bond acceptors (Lipinski definition) is 2. The van der Waals surface area contributed by atoms with Gasteiger partial charge in [-0.2, -0.15) is 0 Å². The number of thiazole rings is 1. The fraction of sp³-hybridized carbons (Fsp3) is 0.786. The van der Waals surface area contributed by atoms with Gasteiger partial charge in [-0.25, -0.2) is 4.98 Å². The minimum atomic E-state index is 0.576. The fourth-order valence-electron chi connectivity index (χ4n) is 1.99. The summed E-state index contributed by atoms with van der Waals surface area (Å²) in [5.74, 6) is 1.28. The molecule has 1 heterocycles. The highest BCUT2D eigenvalue weighted by atomic mass is 32.1. The van der Waals surface area contributed by atoms with Gasteiger partial charge in [-0.1, -0.05) is 47.0 Å². The van der Waals surface area contributed by atoms with Crippen LogP contribution in [0.4, 0.5) is 0 Å². The topological polar surface area (TPSA) is 12.9 Å². The molecule has 0 aromatic carbocycles. The SMILES string of the molecule is CCCCC(CCC)c1csc(C(C)C)n1. The lowest BCUT2D eigenvalue weighted by atomic mass is 9.94. The molecule has 0 N–H and O–H groups in total. The first kappa shape index (κ1) is 13.7. The Bertz CT molecular complexity index is 291. The molecular formula is C14H25NS. The van der Waals surface area contributed by atoms with E-state index in [-0.39, 0.29) is 0 Å². The van der Waals surface area contributed by atoms with Crippen molar-refractivity contribution in [3.63, 3.8) is 0 Å². The number of unbranched alkanes of at least 4 members (excludes halogenated alkanes) is 1. The molecule has 0 saturated carbocycles. The zero-order valence-electron chi connectivity index (χ0n) is 11.1. The van der Waals surface area contributed by atoms with Gasteiger partial charge in [0.05, 0.1) is 10.7 Å². The summed E-state index contributed by atoms with van der Waals surface area (Å²) in [6.45, 7) is 8.99. The Hall–Kier alpha value is -0.370. The molecule has 1 aromatic heterocycles. The van der Waals surface area contributed by atoms with Crippen LogP contribution in [0.25, 0.3) is 0 Å². The second kappa shape index (κ2) is 7.05. The van der Waals surface area contributed by atoms with Gasteiger partial charge in [0, 0.05) is 17.2 Å². The lowest BCUT2D eigenvalue weighted by Crippen LogP contribution is -2.00. The van der Waals surface area contributed by atoms with Crippen molar-refractivity contribution in [1.29, 1.82) is 0 Å². The number of rotatable bonds is 7. The molecule has 0 aliphatic rings. The Morgan fingerprint density at radius 3 is 2.44 bits per heavy atom. The van der Waals surface area contributed by atoms with E-state index in [4.69, 9.17) is 4.98 Å². The van der Waals surface area contributed by atoms with Crippen LogP contribution in [0.1, 0.15) is 82.3 Å². The van der Waals surface area contributed by atoms with Crippen molar-refractivity contribution in [2.75, 3.05) is 0 Å². The lowest BCUT2D eigenvalue weighted by Gasteiger charge is -2.13. The van der Waals surface area contributed by atoms with Gasteiger partial charge in [-0.05, 0) is 12.8 Å². The van der Waals surface area contributed by atoms with E-state index in [0.29, 0.717) is 11.8 Å². The van der Waals surface area contributed by atoms with Crippen LogP contribution in [-0.2, 0) is 0 Å². The largest absolute Gasteiger partial charge is 0.246 e. The molecule has 0 fully saturated rings. The highest BCUT2D eigenvalue weighted by molar-refractivity contribution is 7.09. The van der Waals surface area contributed by atoms with Gasteiger partial charge in [0.1, 0.15) is 0 Å². The van der Waals surface area contributed by atoms with E-state index in [2.05, 4.69) is 33.1 Å². The van der Waals surface area contributed by atoms with E-state index in [9.17, 15) is 0 Å². The maximum Gasteiger partial charge on any atom is 0.0953 e. The number of aromatic nitrogens is 1. The standard InChI is InChI=1S/C14H25NS/c1-5-7-9-12(8-6-2)13-10-16-14(15-13)11(3)4/h10-12H,5-9H2,1-4H3. The molecule has 0 amide bonds. The molecule has 1 rings (SSSR count). The summed E-state index contributed by atoms with van der Waals surface area (Å²) in [4.78, 5) is 4.80. The summed E-state index contributed by atoms with van der Waals surface area (Å²) < 4.78 is 0. The van der Waals surface area contributed by atoms with Gasteiger partial charge in [0.25, 0.3) is 0 Å². The third-order valence-corrected chi connectivity index (χ3v) is 4.16. The quantitative estimate of drug-likeness (QED) is 0.626. The Balaban J connectivity index is 2.67.